The quantitative estimate of drug-likeness (QED) is 0.721. The molecule has 6 nitrogen and oxygen atoms in total. The zero-order valence-corrected chi connectivity index (χ0v) is 16.0. The van der Waals surface area contributed by atoms with Gasteiger partial charge in [-0.2, -0.15) is 5.26 Å². The fraction of sp³-hybridized carbons (Fsp3) is 0.150. The lowest BCUT2D eigenvalue weighted by molar-refractivity contribution is 0.552. The Morgan fingerprint density at radius 3 is 2.14 bits per heavy atom. The second-order valence-electron chi connectivity index (χ2n) is 6.65. The Morgan fingerprint density at radius 2 is 1.57 bits per heavy atom. The molecule has 1 aromatic heterocycles. The Bertz CT molecular complexity index is 1170. The molecule has 3 aromatic rings. The van der Waals surface area contributed by atoms with Gasteiger partial charge in [-0.3, -0.25) is 0 Å². The summed E-state index contributed by atoms with van der Waals surface area (Å²) >= 11 is 0. The maximum atomic E-state index is 14.6. The van der Waals surface area contributed by atoms with Crippen molar-refractivity contribution in [2.75, 3.05) is 5.73 Å². The number of anilines is 1. The molecule has 0 aliphatic carbocycles. The number of sulfone groups is 1. The molecule has 0 fully saturated rings. The molecular weight excluding hydrogens is 379 g/mol. The molecule has 0 radical (unpaired) electrons. The lowest BCUT2D eigenvalue weighted by Gasteiger charge is -2.19. The number of nitrogen functional groups attached to an aromatic ring is 1. The van der Waals surface area contributed by atoms with Crippen LogP contribution in [0, 0.1) is 17.1 Å². The average molecular weight is 396 g/mol. The van der Waals surface area contributed by atoms with Crippen LogP contribution in [0.3, 0.4) is 0 Å². The minimum absolute atomic E-state index is 0.162. The fourth-order valence-corrected chi connectivity index (χ4v) is 4.08. The molecule has 0 aliphatic rings. The SMILES string of the molecule is CC(C)(C#N)S(=O)(=O)c1c(F)cccc1-c1ccc(-c2cnc(N)nc2)cc1. The minimum atomic E-state index is -4.24. The van der Waals surface area contributed by atoms with Crippen molar-refractivity contribution >= 4 is 15.8 Å². The van der Waals surface area contributed by atoms with E-state index in [0.717, 1.165) is 17.2 Å². The van der Waals surface area contributed by atoms with Crippen molar-refractivity contribution in [2.45, 2.75) is 23.5 Å². The maximum Gasteiger partial charge on any atom is 0.219 e. The van der Waals surface area contributed by atoms with Gasteiger partial charge in [0, 0.05) is 23.5 Å². The third kappa shape index (κ3) is 3.32. The maximum absolute atomic E-state index is 14.6. The van der Waals surface area contributed by atoms with Crippen molar-refractivity contribution in [3.8, 4) is 28.3 Å². The summed E-state index contributed by atoms with van der Waals surface area (Å²) in [5.74, 6) is -0.730. The Labute approximate surface area is 162 Å². The predicted molar refractivity (Wildman–Crippen MR) is 104 cm³/mol. The highest BCUT2D eigenvalue weighted by Gasteiger charge is 2.39. The van der Waals surface area contributed by atoms with Crippen molar-refractivity contribution in [1.29, 1.82) is 5.26 Å². The van der Waals surface area contributed by atoms with E-state index >= 15 is 0 Å². The number of nitrogens with zero attached hydrogens (tertiary/aromatic N) is 3. The van der Waals surface area contributed by atoms with Gasteiger partial charge in [-0.15, -0.1) is 0 Å². The first-order chi connectivity index (χ1) is 13.2. The molecule has 3 rings (SSSR count). The van der Waals surface area contributed by atoms with E-state index in [2.05, 4.69) is 9.97 Å². The van der Waals surface area contributed by atoms with Gasteiger partial charge in [0.15, 0.2) is 14.6 Å². The Balaban J connectivity index is 2.12. The van der Waals surface area contributed by atoms with Gasteiger partial charge >= 0.3 is 0 Å². The predicted octanol–water partition coefficient (Wildman–Crippen LogP) is 3.61. The number of halogens is 1. The Hall–Kier alpha value is -3.31. The molecule has 28 heavy (non-hydrogen) atoms. The summed E-state index contributed by atoms with van der Waals surface area (Å²) in [5.41, 5.74) is 7.72. The van der Waals surface area contributed by atoms with Crippen molar-refractivity contribution in [3.05, 3.63) is 60.7 Å². The first-order valence-corrected chi connectivity index (χ1v) is 9.78. The zero-order chi connectivity index (χ0) is 20.5. The standard InChI is InChI=1S/C20H17FN4O2S/c1-20(2,12-22)28(26,27)18-16(4-3-5-17(18)21)14-8-6-13(7-9-14)15-10-24-19(23)25-11-15/h3-11H,1-2H3,(H2,23,24,25). The molecule has 0 spiro atoms. The number of nitriles is 1. The molecule has 1 heterocycles. The molecule has 0 unspecified atom stereocenters. The lowest BCUT2D eigenvalue weighted by atomic mass is 10.0. The van der Waals surface area contributed by atoms with Gasteiger partial charge in [0.2, 0.25) is 5.95 Å². The summed E-state index contributed by atoms with van der Waals surface area (Å²) in [6, 6.07) is 12.6. The van der Waals surface area contributed by atoms with Crippen LogP contribution in [-0.4, -0.2) is 23.1 Å². The number of hydrogen-bond acceptors (Lipinski definition) is 6. The monoisotopic (exact) mass is 396 g/mol. The minimum Gasteiger partial charge on any atom is -0.368 e. The van der Waals surface area contributed by atoms with E-state index in [9.17, 15) is 18.1 Å². The van der Waals surface area contributed by atoms with Gasteiger partial charge in [-0.25, -0.2) is 22.8 Å². The molecule has 0 bridgehead atoms. The molecule has 0 saturated carbocycles. The molecule has 0 atom stereocenters. The van der Waals surface area contributed by atoms with Crippen LogP contribution in [0.15, 0.2) is 59.8 Å². The summed E-state index contributed by atoms with van der Waals surface area (Å²) in [6.07, 6.45) is 3.15. The Kier molecular flexibility index (Phi) is 4.87. The van der Waals surface area contributed by atoms with Gasteiger partial charge in [-0.1, -0.05) is 36.4 Å². The van der Waals surface area contributed by atoms with Crippen LogP contribution in [0.1, 0.15) is 13.8 Å². The first-order valence-electron chi connectivity index (χ1n) is 8.30. The normalized spacial score (nSPS) is 11.8. The van der Waals surface area contributed by atoms with Gasteiger partial charge < -0.3 is 5.73 Å². The highest BCUT2D eigenvalue weighted by atomic mass is 32.2. The molecule has 0 amide bonds. The van der Waals surface area contributed by atoms with E-state index in [-0.39, 0.29) is 11.5 Å². The average Bonchev–Trinajstić information content (AvgIpc) is 2.68. The third-order valence-electron chi connectivity index (χ3n) is 4.38. The zero-order valence-electron chi connectivity index (χ0n) is 15.2. The van der Waals surface area contributed by atoms with Gasteiger partial charge in [-0.05, 0) is 31.0 Å². The van der Waals surface area contributed by atoms with Gasteiger partial charge in [0.25, 0.3) is 0 Å². The van der Waals surface area contributed by atoms with Crippen LogP contribution in [-0.2, 0) is 9.84 Å². The van der Waals surface area contributed by atoms with E-state index in [1.165, 1.54) is 26.0 Å². The topological polar surface area (TPSA) is 110 Å². The van der Waals surface area contributed by atoms with Crippen LogP contribution in [0.2, 0.25) is 0 Å². The summed E-state index contributed by atoms with van der Waals surface area (Å²) in [7, 11) is -4.24. The van der Waals surface area contributed by atoms with Crippen LogP contribution >= 0.6 is 0 Å². The van der Waals surface area contributed by atoms with Crippen LogP contribution in [0.5, 0.6) is 0 Å². The van der Waals surface area contributed by atoms with Gasteiger partial charge in [0.05, 0.1) is 6.07 Å². The number of hydrogen-bond donors (Lipinski definition) is 1. The van der Waals surface area contributed by atoms with Crippen molar-refractivity contribution < 1.29 is 12.8 Å². The third-order valence-corrected chi connectivity index (χ3v) is 6.77. The van der Waals surface area contributed by atoms with E-state index in [1.807, 2.05) is 0 Å². The number of benzene rings is 2. The molecule has 8 heteroatoms. The van der Waals surface area contributed by atoms with Crippen LogP contribution in [0.4, 0.5) is 10.3 Å². The highest BCUT2D eigenvalue weighted by Crippen LogP contribution is 2.36. The summed E-state index contributed by atoms with van der Waals surface area (Å²) in [6.45, 7) is 2.51. The molecular formula is C20H17FN4O2S. The first kappa shape index (κ1) is 19.5. The molecule has 2 aromatic carbocycles. The molecule has 2 N–H and O–H groups in total. The largest absolute Gasteiger partial charge is 0.368 e. The summed E-state index contributed by atoms with van der Waals surface area (Å²) < 4.78 is 38.6. The number of rotatable bonds is 4. The summed E-state index contributed by atoms with van der Waals surface area (Å²) in [4.78, 5) is 7.39. The fourth-order valence-electron chi connectivity index (χ4n) is 2.65. The second-order valence-corrected chi connectivity index (χ2v) is 9.09. The number of nitrogens with two attached hydrogens (primary N) is 1. The van der Waals surface area contributed by atoms with Gasteiger partial charge in [0.1, 0.15) is 10.7 Å². The molecule has 0 saturated heterocycles. The van der Waals surface area contributed by atoms with E-state index < -0.39 is 25.3 Å². The van der Waals surface area contributed by atoms with Crippen molar-refractivity contribution in [3.63, 3.8) is 0 Å². The van der Waals surface area contributed by atoms with E-state index in [4.69, 9.17) is 5.73 Å². The van der Waals surface area contributed by atoms with Crippen LogP contribution < -0.4 is 5.73 Å². The van der Waals surface area contributed by atoms with E-state index in [0.29, 0.717) is 5.56 Å². The Morgan fingerprint density at radius 1 is 1.00 bits per heavy atom. The van der Waals surface area contributed by atoms with Crippen molar-refractivity contribution in [1.82, 2.24) is 9.97 Å². The molecule has 142 valence electrons. The number of aromatic nitrogens is 2. The molecule has 0 aliphatic heterocycles. The van der Waals surface area contributed by atoms with Crippen LogP contribution in [0.25, 0.3) is 22.3 Å². The lowest BCUT2D eigenvalue weighted by Crippen LogP contribution is -2.31. The smallest absolute Gasteiger partial charge is 0.219 e. The summed E-state index contributed by atoms with van der Waals surface area (Å²) in [5, 5.41) is 9.25. The highest BCUT2D eigenvalue weighted by molar-refractivity contribution is 7.93. The second kappa shape index (κ2) is 7.02. The van der Waals surface area contributed by atoms with E-state index in [1.54, 1.807) is 42.7 Å². The van der Waals surface area contributed by atoms with Crippen molar-refractivity contribution in [2.24, 2.45) is 0 Å².